The Labute approximate surface area is 169 Å². The fourth-order valence-electron chi connectivity index (χ4n) is 2.46. The molecule has 0 aromatic heterocycles. The Morgan fingerprint density at radius 1 is 0.778 bits per heavy atom. The van der Waals surface area contributed by atoms with Gasteiger partial charge in [-0.2, -0.15) is 0 Å². The van der Waals surface area contributed by atoms with E-state index in [0.29, 0.717) is 5.92 Å². The van der Waals surface area contributed by atoms with Crippen LogP contribution in [0.1, 0.15) is 82.6 Å². The van der Waals surface area contributed by atoms with Gasteiger partial charge >= 0.3 is 0 Å². The normalized spacial score (nSPS) is 11.1. The average molecular weight is 370 g/mol. The first kappa shape index (κ1) is 25.4. The van der Waals surface area contributed by atoms with Gasteiger partial charge < -0.3 is 5.32 Å². The number of benzene rings is 2. The van der Waals surface area contributed by atoms with E-state index in [0.717, 1.165) is 19.0 Å². The van der Waals surface area contributed by atoms with Gasteiger partial charge in [-0.25, -0.2) is 0 Å². The Hall–Kier alpha value is -1.60. The summed E-state index contributed by atoms with van der Waals surface area (Å²) < 4.78 is 0. The van der Waals surface area contributed by atoms with Gasteiger partial charge in [0.15, 0.2) is 0 Å². The standard InChI is InChI=1S/C13H21N.C11H16.C2H6/c1-11(2)8-9-14-10-13-6-4-12(3)5-7-13;1-4-10(3)11-7-5-9(2)6-8-11;1-2/h4-7,11,14H,8-10H2,1-3H3;5-8,10H,4H2,1-3H3;1-2H3. The highest BCUT2D eigenvalue weighted by molar-refractivity contribution is 5.23. The fraction of sp³-hybridized carbons (Fsp3) is 0.538. The molecule has 2 aromatic rings. The Kier molecular flexibility index (Phi) is 14.5. The zero-order valence-electron chi connectivity index (χ0n) is 19.1. The summed E-state index contributed by atoms with van der Waals surface area (Å²) in [6.45, 7) is 19.4. The third kappa shape index (κ3) is 12.4. The summed E-state index contributed by atoms with van der Waals surface area (Å²) >= 11 is 0. The van der Waals surface area contributed by atoms with Crippen LogP contribution in [0.4, 0.5) is 0 Å². The van der Waals surface area contributed by atoms with Crippen LogP contribution < -0.4 is 5.32 Å². The van der Waals surface area contributed by atoms with Crippen molar-refractivity contribution in [2.45, 2.75) is 80.7 Å². The molecule has 2 aromatic carbocycles. The number of hydrogen-bond acceptors (Lipinski definition) is 1. The smallest absolute Gasteiger partial charge is 0.0205 e. The van der Waals surface area contributed by atoms with Crippen molar-refractivity contribution in [2.75, 3.05) is 6.54 Å². The second-order valence-corrected chi connectivity index (χ2v) is 7.56. The van der Waals surface area contributed by atoms with Crippen LogP contribution in [-0.2, 0) is 6.54 Å². The minimum Gasteiger partial charge on any atom is -0.313 e. The lowest BCUT2D eigenvalue weighted by atomic mass is 9.98. The van der Waals surface area contributed by atoms with E-state index in [-0.39, 0.29) is 0 Å². The van der Waals surface area contributed by atoms with Gasteiger partial charge in [0.1, 0.15) is 0 Å². The molecule has 27 heavy (non-hydrogen) atoms. The van der Waals surface area contributed by atoms with E-state index in [1.54, 1.807) is 0 Å². The second kappa shape index (κ2) is 15.5. The van der Waals surface area contributed by atoms with Crippen LogP contribution in [0, 0.1) is 19.8 Å². The van der Waals surface area contributed by atoms with Gasteiger partial charge in [-0.1, -0.05) is 101 Å². The predicted molar refractivity (Wildman–Crippen MR) is 124 cm³/mol. The number of hydrogen-bond donors (Lipinski definition) is 1. The largest absolute Gasteiger partial charge is 0.313 e. The molecule has 0 spiro atoms. The first-order valence-corrected chi connectivity index (χ1v) is 10.7. The fourth-order valence-corrected chi connectivity index (χ4v) is 2.46. The first-order valence-electron chi connectivity index (χ1n) is 10.7. The third-order valence-electron chi connectivity index (χ3n) is 4.61. The van der Waals surface area contributed by atoms with Crippen LogP contribution in [0.25, 0.3) is 0 Å². The lowest BCUT2D eigenvalue weighted by Gasteiger charge is -2.07. The van der Waals surface area contributed by atoms with Crippen LogP contribution in [-0.4, -0.2) is 6.54 Å². The minimum absolute atomic E-state index is 0.704. The van der Waals surface area contributed by atoms with Crippen molar-refractivity contribution in [3.63, 3.8) is 0 Å². The summed E-state index contributed by atoms with van der Waals surface area (Å²) in [5.41, 5.74) is 5.51. The molecule has 0 saturated heterocycles. The van der Waals surface area contributed by atoms with Gasteiger partial charge in [0.2, 0.25) is 0 Å². The van der Waals surface area contributed by atoms with E-state index in [2.05, 4.69) is 95.4 Å². The summed E-state index contributed by atoms with van der Waals surface area (Å²) in [7, 11) is 0. The molecule has 1 unspecified atom stereocenters. The molecular formula is C26H43N. The highest BCUT2D eigenvalue weighted by atomic mass is 14.8. The lowest BCUT2D eigenvalue weighted by Crippen LogP contribution is -2.16. The van der Waals surface area contributed by atoms with Gasteiger partial charge in [-0.15, -0.1) is 0 Å². The summed E-state index contributed by atoms with van der Waals surface area (Å²) in [5, 5.41) is 3.45. The summed E-state index contributed by atoms with van der Waals surface area (Å²) in [4.78, 5) is 0. The summed E-state index contributed by atoms with van der Waals surface area (Å²) in [5.74, 6) is 1.50. The molecule has 0 aliphatic carbocycles. The van der Waals surface area contributed by atoms with E-state index in [9.17, 15) is 0 Å². The lowest BCUT2D eigenvalue weighted by molar-refractivity contribution is 0.537. The van der Waals surface area contributed by atoms with Crippen LogP contribution in [0.15, 0.2) is 48.5 Å². The predicted octanol–water partition coefficient (Wildman–Crippen LogP) is 7.67. The third-order valence-corrected chi connectivity index (χ3v) is 4.61. The summed E-state index contributed by atoms with van der Waals surface area (Å²) in [6.07, 6.45) is 2.48. The maximum absolute atomic E-state index is 3.45. The number of aryl methyl sites for hydroxylation is 2. The Morgan fingerprint density at radius 3 is 1.70 bits per heavy atom. The molecule has 1 N–H and O–H groups in total. The highest BCUT2D eigenvalue weighted by Gasteiger charge is 2.00. The molecule has 0 aliphatic heterocycles. The molecule has 0 bridgehead atoms. The summed E-state index contributed by atoms with van der Waals surface area (Å²) in [6, 6.07) is 17.5. The quantitative estimate of drug-likeness (QED) is 0.494. The van der Waals surface area contributed by atoms with Gasteiger partial charge in [0, 0.05) is 6.54 Å². The topological polar surface area (TPSA) is 12.0 Å². The van der Waals surface area contributed by atoms with E-state index >= 15 is 0 Å². The van der Waals surface area contributed by atoms with Gasteiger partial charge in [-0.05, 0) is 56.2 Å². The molecule has 2 rings (SSSR count). The Bertz CT molecular complexity index is 566. The SMILES string of the molecule is CC.CCC(C)c1ccc(C)cc1.Cc1ccc(CNCCC(C)C)cc1. The number of rotatable bonds is 7. The van der Waals surface area contributed by atoms with Crippen LogP contribution in [0.2, 0.25) is 0 Å². The molecule has 0 radical (unpaired) electrons. The average Bonchev–Trinajstić information content (AvgIpc) is 2.68. The second-order valence-electron chi connectivity index (χ2n) is 7.56. The molecule has 0 amide bonds. The monoisotopic (exact) mass is 369 g/mol. The first-order chi connectivity index (χ1) is 12.9. The Balaban J connectivity index is 0.000000469. The van der Waals surface area contributed by atoms with E-state index in [4.69, 9.17) is 0 Å². The van der Waals surface area contributed by atoms with Crippen molar-refractivity contribution in [3.05, 3.63) is 70.8 Å². The maximum atomic E-state index is 3.45. The minimum atomic E-state index is 0.704. The van der Waals surface area contributed by atoms with E-state index in [1.165, 1.54) is 35.1 Å². The van der Waals surface area contributed by atoms with Crippen molar-refractivity contribution in [3.8, 4) is 0 Å². The maximum Gasteiger partial charge on any atom is 0.0205 e. The highest BCUT2D eigenvalue weighted by Crippen LogP contribution is 2.18. The zero-order valence-corrected chi connectivity index (χ0v) is 19.1. The molecular weight excluding hydrogens is 326 g/mol. The zero-order chi connectivity index (χ0) is 20.7. The molecule has 1 heteroatoms. The van der Waals surface area contributed by atoms with E-state index in [1.807, 2.05) is 13.8 Å². The molecule has 0 saturated carbocycles. The van der Waals surface area contributed by atoms with Gasteiger partial charge in [-0.3, -0.25) is 0 Å². The van der Waals surface area contributed by atoms with Crippen molar-refractivity contribution < 1.29 is 0 Å². The van der Waals surface area contributed by atoms with Crippen LogP contribution in [0.5, 0.6) is 0 Å². The Morgan fingerprint density at radius 2 is 1.26 bits per heavy atom. The molecule has 1 nitrogen and oxygen atoms in total. The van der Waals surface area contributed by atoms with Crippen LogP contribution in [0.3, 0.4) is 0 Å². The molecule has 152 valence electrons. The molecule has 1 atom stereocenters. The number of nitrogens with one attached hydrogen (secondary N) is 1. The van der Waals surface area contributed by atoms with Crippen molar-refractivity contribution in [1.29, 1.82) is 0 Å². The van der Waals surface area contributed by atoms with Crippen molar-refractivity contribution >= 4 is 0 Å². The van der Waals surface area contributed by atoms with E-state index < -0.39 is 0 Å². The van der Waals surface area contributed by atoms with Crippen molar-refractivity contribution in [2.24, 2.45) is 5.92 Å². The molecule has 0 heterocycles. The van der Waals surface area contributed by atoms with Crippen LogP contribution >= 0.6 is 0 Å². The van der Waals surface area contributed by atoms with Gasteiger partial charge in [0.25, 0.3) is 0 Å². The van der Waals surface area contributed by atoms with Crippen molar-refractivity contribution in [1.82, 2.24) is 5.32 Å². The van der Waals surface area contributed by atoms with Gasteiger partial charge in [0.05, 0.1) is 0 Å². The molecule has 0 fully saturated rings. The molecule has 0 aliphatic rings.